The molecule has 13 heavy (non-hydrogen) atoms. The lowest BCUT2D eigenvalue weighted by Crippen LogP contribution is -2.23. The van der Waals surface area contributed by atoms with Crippen molar-refractivity contribution >= 4 is 5.78 Å². The lowest BCUT2D eigenvalue weighted by Gasteiger charge is -2.05. The first kappa shape index (κ1) is 11.8. The Kier molecular flexibility index (Phi) is 5.81. The van der Waals surface area contributed by atoms with Crippen molar-refractivity contribution in [1.82, 2.24) is 5.32 Å². The van der Waals surface area contributed by atoms with Crippen molar-refractivity contribution in [3.63, 3.8) is 0 Å². The Balaban J connectivity index is 3.75. The fourth-order valence-electron chi connectivity index (χ4n) is 0.822. The van der Waals surface area contributed by atoms with Gasteiger partial charge in [0.1, 0.15) is 5.78 Å². The number of carbonyl (C=O) groups excluding carboxylic acids is 1. The van der Waals surface area contributed by atoms with E-state index in [1.807, 2.05) is 19.1 Å². The number of rotatable bonds is 6. The summed E-state index contributed by atoms with van der Waals surface area (Å²) in [5, 5.41) is 2.98. The minimum atomic E-state index is 0.129. The highest BCUT2D eigenvalue weighted by Crippen LogP contribution is 2.04. The van der Waals surface area contributed by atoms with Crippen molar-refractivity contribution in [2.75, 3.05) is 13.1 Å². The van der Waals surface area contributed by atoms with E-state index in [9.17, 15) is 4.79 Å². The maximum absolute atomic E-state index is 10.6. The minimum Gasteiger partial charge on any atom is -0.306 e. The predicted octanol–water partition coefficient (Wildman–Crippen LogP) is 1.85. The monoisotopic (exact) mass is 179 g/mol. The average Bonchev–Trinajstić information content (AvgIpc) is 2.04. The lowest BCUT2D eigenvalue weighted by atomic mass is 10.1. The van der Waals surface area contributed by atoms with E-state index in [0.29, 0.717) is 13.1 Å². The normalized spacial score (nSPS) is 10.3. The summed E-state index contributed by atoms with van der Waals surface area (Å²) in [5.41, 5.74) is 1.82. The van der Waals surface area contributed by atoms with E-state index in [-0.39, 0.29) is 5.78 Å². The number of hydrogen-bond donors (Lipinski definition) is 1. The molecule has 0 aromatic heterocycles. The van der Waals surface area contributed by atoms with Gasteiger partial charge in [-0.05, 0) is 25.0 Å². The molecule has 72 valence electrons. The molecule has 1 N–H and O–H groups in total. The summed E-state index contributed by atoms with van der Waals surface area (Å²) in [4.78, 5) is 10.6. The van der Waals surface area contributed by atoms with Crippen LogP contribution in [-0.2, 0) is 4.79 Å². The zero-order chi connectivity index (χ0) is 10.3. The first-order chi connectivity index (χ1) is 6.07. The smallest absolute Gasteiger partial charge is 0.143 e. The molecule has 0 aliphatic heterocycles. The van der Waals surface area contributed by atoms with Crippen molar-refractivity contribution in [3.05, 3.63) is 36.5 Å². The SMILES string of the molecule is C=C(/C=C/C)C(=C)CNCC(C)=O. The second-order valence-corrected chi connectivity index (χ2v) is 2.93. The van der Waals surface area contributed by atoms with E-state index in [0.717, 1.165) is 11.1 Å². The van der Waals surface area contributed by atoms with Crippen LogP contribution in [-0.4, -0.2) is 18.9 Å². The summed E-state index contributed by atoms with van der Waals surface area (Å²) in [5.74, 6) is 0.129. The van der Waals surface area contributed by atoms with Crippen LogP contribution in [0.15, 0.2) is 36.5 Å². The molecule has 0 spiro atoms. The first-order valence-corrected chi connectivity index (χ1v) is 4.27. The molecule has 2 heteroatoms. The van der Waals surface area contributed by atoms with Crippen molar-refractivity contribution in [2.24, 2.45) is 0 Å². The van der Waals surface area contributed by atoms with Gasteiger partial charge in [-0.25, -0.2) is 0 Å². The van der Waals surface area contributed by atoms with Crippen LogP contribution in [0, 0.1) is 0 Å². The number of carbonyl (C=O) groups is 1. The van der Waals surface area contributed by atoms with Gasteiger partial charge in [0, 0.05) is 6.54 Å². The molecule has 0 saturated carbocycles. The van der Waals surface area contributed by atoms with E-state index < -0.39 is 0 Å². The fraction of sp³-hybridized carbons (Fsp3) is 0.364. The van der Waals surface area contributed by atoms with Gasteiger partial charge in [-0.15, -0.1) is 0 Å². The molecule has 0 heterocycles. The Hall–Kier alpha value is -1.15. The Morgan fingerprint density at radius 3 is 2.46 bits per heavy atom. The van der Waals surface area contributed by atoms with Crippen LogP contribution in [0.5, 0.6) is 0 Å². The Morgan fingerprint density at radius 1 is 1.38 bits per heavy atom. The highest BCUT2D eigenvalue weighted by molar-refractivity contribution is 5.77. The van der Waals surface area contributed by atoms with Crippen LogP contribution >= 0.6 is 0 Å². The largest absolute Gasteiger partial charge is 0.306 e. The molecule has 0 radical (unpaired) electrons. The average molecular weight is 179 g/mol. The Morgan fingerprint density at radius 2 is 2.00 bits per heavy atom. The first-order valence-electron chi connectivity index (χ1n) is 4.27. The molecule has 0 amide bonds. The zero-order valence-electron chi connectivity index (χ0n) is 8.39. The van der Waals surface area contributed by atoms with Gasteiger partial charge in [-0.1, -0.05) is 25.3 Å². The van der Waals surface area contributed by atoms with Gasteiger partial charge in [0.25, 0.3) is 0 Å². The molecular weight excluding hydrogens is 162 g/mol. The van der Waals surface area contributed by atoms with Crippen LogP contribution in [0.4, 0.5) is 0 Å². The maximum atomic E-state index is 10.6. The van der Waals surface area contributed by atoms with Gasteiger partial charge in [-0.2, -0.15) is 0 Å². The molecule has 0 bridgehead atoms. The maximum Gasteiger partial charge on any atom is 0.143 e. The lowest BCUT2D eigenvalue weighted by molar-refractivity contribution is -0.116. The molecular formula is C11H17NO. The highest BCUT2D eigenvalue weighted by atomic mass is 16.1. The minimum absolute atomic E-state index is 0.129. The molecule has 0 atom stereocenters. The molecule has 0 unspecified atom stereocenters. The van der Waals surface area contributed by atoms with Gasteiger partial charge in [0.15, 0.2) is 0 Å². The summed E-state index contributed by atoms with van der Waals surface area (Å²) in [6.45, 7) is 12.2. The van der Waals surface area contributed by atoms with Gasteiger partial charge < -0.3 is 5.32 Å². The number of allylic oxidation sites excluding steroid dienone is 2. The van der Waals surface area contributed by atoms with Crippen LogP contribution in [0.2, 0.25) is 0 Å². The van der Waals surface area contributed by atoms with Crippen molar-refractivity contribution in [1.29, 1.82) is 0 Å². The number of hydrogen-bond acceptors (Lipinski definition) is 2. The van der Waals surface area contributed by atoms with E-state index in [1.54, 1.807) is 6.92 Å². The summed E-state index contributed by atoms with van der Waals surface area (Å²) < 4.78 is 0. The molecule has 0 fully saturated rings. The van der Waals surface area contributed by atoms with Crippen molar-refractivity contribution in [2.45, 2.75) is 13.8 Å². The van der Waals surface area contributed by atoms with E-state index in [1.165, 1.54) is 0 Å². The molecule has 0 saturated heterocycles. The Bertz CT molecular complexity index is 238. The second kappa shape index (κ2) is 6.38. The number of Topliss-reactive ketones (excluding diaryl/α,β-unsaturated/α-hetero) is 1. The zero-order valence-corrected chi connectivity index (χ0v) is 8.39. The molecule has 2 nitrogen and oxygen atoms in total. The number of ketones is 1. The Labute approximate surface area is 80.0 Å². The van der Waals surface area contributed by atoms with Crippen LogP contribution in [0.1, 0.15) is 13.8 Å². The van der Waals surface area contributed by atoms with Crippen LogP contribution in [0.25, 0.3) is 0 Å². The molecule has 0 aromatic rings. The third-order valence-corrected chi connectivity index (χ3v) is 1.53. The summed E-state index contributed by atoms with van der Waals surface area (Å²) >= 11 is 0. The quantitative estimate of drug-likeness (QED) is 0.630. The predicted molar refractivity (Wildman–Crippen MR) is 56.6 cm³/mol. The van der Waals surface area contributed by atoms with Crippen LogP contribution in [0.3, 0.4) is 0 Å². The molecule has 0 aromatic carbocycles. The standard InChI is InChI=1S/C11H17NO/c1-5-6-9(2)10(3)7-12-8-11(4)13/h5-6,12H,2-3,7-8H2,1,4H3/b6-5+. The van der Waals surface area contributed by atoms with Crippen molar-refractivity contribution in [3.8, 4) is 0 Å². The summed E-state index contributed by atoms with van der Waals surface area (Å²) in [6.07, 6.45) is 3.82. The number of nitrogens with one attached hydrogen (secondary N) is 1. The molecule has 0 aliphatic rings. The summed E-state index contributed by atoms with van der Waals surface area (Å²) in [6, 6.07) is 0. The molecule has 0 aliphatic carbocycles. The fourth-order valence-corrected chi connectivity index (χ4v) is 0.822. The van der Waals surface area contributed by atoms with Gasteiger partial charge in [0.2, 0.25) is 0 Å². The topological polar surface area (TPSA) is 29.1 Å². The van der Waals surface area contributed by atoms with Gasteiger partial charge >= 0.3 is 0 Å². The third kappa shape index (κ3) is 6.05. The third-order valence-electron chi connectivity index (χ3n) is 1.53. The van der Waals surface area contributed by atoms with E-state index >= 15 is 0 Å². The highest BCUT2D eigenvalue weighted by Gasteiger charge is 1.97. The summed E-state index contributed by atoms with van der Waals surface area (Å²) in [7, 11) is 0. The molecule has 0 rings (SSSR count). The second-order valence-electron chi connectivity index (χ2n) is 2.93. The van der Waals surface area contributed by atoms with Crippen LogP contribution < -0.4 is 5.32 Å². The van der Waals surface area contributed by atoms with E-state index in [2.05, 4.69) is 18.5 Å². The van der Waals surface area contributed by atoms with Gasteiger partial charge in [0.05, 0.1) is 6.54 Å². The van der Waals surface area contributed by atoms with Gasteiger partial charge in [-0.3, -0.25) is 4.79 Å². The van der Waals surface area contributed by atoms with Crippen molar-refractivity contribution < 1.29 is 4.79 Å². The van der Waals surface area contributed by atoms with E-state index in [4.69, 9.17) is 0 Å².